The third-order valence-electron chi connectivity index (χ3n) is 7.28. The molecule has 4 heterocycles. The quantitative estimate of drug-likeness (QED) is 0.371. The normalized spacial score (nSPS) is 22.0. The fraction of sp³-hybridized carbons (Fsp3) is 0.440. The molecule has 0 atom stereocenters. The topological polar surface area (TPSA) is 109 Å². The maximum Gasteiger partial charge on any atom is 0.255 e. The number of methoxy groups -OCH3 is 1. The summed E-state index contributed by atoms with van der Waals surface area (Å²) in [4.78, 5) is 25.0. The zero-order valence-corrected chi connectivity index (χ0v) is 19.8. The first kappa shape index (κ1) is 22.8. The van der Waals surface area contributed by atoms with Crippen LogP contribution < -0.4 is 10.6 Å². The van der Waals surface area contributed by atoms with Crippen molar-refractivity contribution in [3.8, 4) is 11.1 Å². The molecular weight excluding hydrogens is 468 g/mol. The number of fused-ring (bicyclic) bond motifs is 2. The van der Waals surface area contributed by atoms with E-state index in [2.05, 4.69) is 30.7 Å². The van der Waals surface area contributed by atoms with Gasteiger partial charge in [-0.25, -0.2) is 18.3 Å². The lowest BCUT2D eigenvalue weighted by Crippen LogP contribution is -2.44. The predicted molar refractivity (Wildman–Crippen MR) is 130 cm³/mol. The SMILES string of the molecule is COC1CCC(NC(=O)c2cnn3ccc(-c4c[nH]c5nc(NC6CC(F)(F)C6)ncc45)cc23)CC1. The van der Waals surface area contributed by atoms with E-state index in [1.165, 1.54) is 0 Å². The summed E-state index contributed by atoms with van der Waals surface area (Å²) in [6.45, 7) is 0. The van der Waals surface area contributed by atoms with Crippen LogP contribution in [0.3, 0.4) is 0 Å². The highest BCUT2D eigenvalue weighted by atomic mass is 19.3. The molecule has 0 aliphatic heterocycles. The van der Waals surface area contributed by atoms with Crippen molar-refractivity contribution in [1.82, 2.24) is 29.9 Å². The van der Waals surface area contributed by atoms with Gasteiger partial charge in [-0.1, -0.05) is 0 Å². The van der Waals surface area contributed by atoms with Crippen LogP contribution in [0.1, 0.15) is 48.9 Å². The second-order valence-electron chi connectivity index (χ2n) is 9.75. The zero-order valence-electron chi connectivity index (χ0n) is 19.8. The van der Waals surface area contributed by atoms with Crippen LogP contribution in [0.2, 0.25) is 0 Å². The van der Waals surface area contributed by atoms with Crippen LogP contribution in [0.4, 0.5) is 14.7 Å². The van der Waals surface area contributed by atoms with Gasteiger partial charge in [0.2, 0.25) is 5.95 Å². The van der Waals surface area contributed by atoms with E-state index in [1.54, 1.807) is 24.0 Å². The zero-order chi connectivity index (χ0) is 24.9. The van der Waals surface area contributed by atoms with Crippen molar-refractivity contribution in [2.24, 2.45) is 0 Å². The first-order valence-electron chi connectivity index (χ1n) is 12.2. The average Bonchev–Trinajstić information content (AvgIpc) is 3.47. The molecule has 0 aromatic carbocycles. The smallest absolute Gasteiger partial charge is 0.255 e. The molecule has 0 spiro atoms. The van der Waals surface area contributed by atoms with Crippen LogP contribution in [0, 0.1) is 0 Å². The molecule has 0 saturated heterocycles. The molecule has 2 aliphatic rings. The number of aromatic amines is 1. The lowest BCUT2D eigenvalue weighted by atomic mass is 9.88. The minimum Gasteiger partial charge on any atom is -0.381 e. The third kappa shape index (κ3) is 4.27. The van der Waals surface area contributed by atoms with Gasteiger partial charge in [-0.15, -0.1) is 0 Å². The van der Waals surface area contributed by atoms with Gasteiger partial charge >= 0.3 is 0 Å². The van der Waals surface area contributed by atoms with Crippen molar-refractivity contribution in [3.63, 3.8) is 0 Å². The largest absolute Gasteiger partial charge is 0.381 e. The molecule has 4 aromatic rings. The first-order chi connectivity index (χ1) is 17.4. The van der Waals surface area contributed by atoms with Gasteiger partial charge in [0.05, 0.1) is 23.4 Å². The molecule has 0 unspecified atom stereocenters. The van der Waals surface area contributed by atoms with Gasteiger partial charge in [0.1, 0.15) is 5.65 Å². The van der Waals surface area contributed by atoms with Crippen LogP contribution in [0.25, 0.3) is 27.7 Å². The van der Waals surface area contributed by atoms with Gasteiger partial charge in [-0.05, 0) is 43.4 Å². The van der Waals surface area contributed by atoms with E-state index in [1.807, 2.05) is 24.5 Å². The van der Waals surface area contributed by atoms with Crippen molar-refractivity contribution < 1.29 is 18.3 Å². The van der Waals surface area contributed by atoms with Crippen LogP contribution in [0.5, 0.6) is 0 Å². The molecule has 1 amide bonds. The Labute approximate surface area is 205 Å². The number of rotatable bonds is 6. The predicted octanol–water partition coefficient (Wildman–Crippen LogP) is 4.17. The Hall–Kier alpha value is -3.60. The molecule has 3 N–H and O–H groups in total. The first-order valence-corrected chi connectivity index (χ1v) is 12.2. The second kappa shape index (κ2) is 8.81. The summed E-state index contributed by atoms with van der Waals surface area (Å²) in [6.07, 6.45) is 10.4. The van der Waals surface area contributed by atoms with Gasteiger partial charge in [-0.3, -0.25) is 4.79 Å². The number of nitrogens with one attached hydrogen (secondary N) is 3. The maximum absolute atomic E-state index is 13.1. The van der Waals surface area contributed by atoms with Crippen LogP contribution >= 0.6 is 0 Å². The Kier molecular flexibility index (Phi) is 5.59. The Morgan fingerprint density at radius 2 is 2.00 bits per heavy atom. The number of hydrogen-bond donors (Lipinski definition) is 3. The summed E-state index contributed by atoms with van der Waals surface area (Å²) in [6, 6.07) is 3.64. The lowest BCUT2D eigenvalue weighted by Gasteiger charge is -2.35. The lowest BCUT2D eigenvalue weighted by molar-refractivity contribution is -0.0794. The van der Waals surface area contributed by atoms with Gasteiger partial charge in [-0.2, -0.15) is 10.1 Å². The molecule has 6 rings (SSSR count). The molecule has 4 aromatic heterocycles. The number of amides is 1. The molecule has 9 nitrogen and oxygen atoms in total. The number of halogens is 2. The fourth-order valence-electron chi connectivity index (χ4n) is 5.19. The van der Waals surface area contributed by atoms with E-state index >= 15 is 0 Å². The molecule has 2 aliphatic carbocycles. The molecule has 11 heteroatoms. The van der Waals surface area contributed by atoms with E-state index in [-0.39, 0.29) is 36.9 Å². The van der Waals surface area contributed by atoms with Crippen LogP contribution in [-0.2, 0) is 4.74 Å². The number of H-pyrrole nitrogens is 1. The highest BCUT2D eigenvalue weighted by Gasteiger charge is 2.45. The molecule has 188 valence electrons. The Balaban J connectivity index is 1.22. The van der Waals surface area contributed by atoms with E-state index in [0.29, 0.717) is 22.7 Å². The molecule has 0 bridgehead atoms. The average molecular weight is 496 g/mol. The number of pyridine rings is 1. The number of hydrogen-bond acceptors (Lipinski definition) is 6. The number of aromatic nitrogens is 5. The Bertz CT molecular complexity index is 1420. The van der Waals surface area contributed by atoms with E-state index in [0.717, 1.165) is 42.2 Å². The number of carbonyl (C=O) groups is 1. The standard InChI is InChI=1S/C25H27F2N7O2/c1-36-17-4-2-15(3-5-17)31-23(35)20-13-30-34-7-6-14(8-21(20)34)18-11-28-22-19(18)12-29-24(33-22)32-16-9-25(26,27)10-16/h6-8,11-13,15-17H,2-5,9-10H2,1H3,(H,31,35)(H2,28,29,32,33). The van der Waals surface area contributed by atoms with Crippen molar-refractivity contribution >= 4 is 28.4 Å². The van der Waals surface area contributed by atoms with E-state index in [4.69, 9.17) is 4.74 Å². The monoisotopic (exact) mass is 495 g/mol. The number of alkyl halides is 2. The van der Waals surface area contributed by atoms with Gasteiger partial charge in [0, 0.05) is 61.6 Å². The van der Waals surface area contributed by atoms with Crippen LogP contribution in [-0.4, -0.2) is 61.7 Å². The summed E-state index contributed by atoms with van der Waals surface area (Å²) < 4.78 is 33.4. The summed E-state index contributed by atoms with van der Waals surface area (Å²) >= 11 is 0. The van der Waals surface area contributed by atoms with Gasteiger partial charge in [0.25, 0.3) is 11.8 Å². The maximum atomic E-state index is 13.1. The summed E-state index contributed by atoms with van der Waals surface area (Å²) in [5, 5.41) is 11.3. The number of carbonyl (C=O) groups excluding carboxylic acids is 1. The molecular formula is C25H27F2N7O2. The second-order valence-corrected chi connectivity index (χ2v) is 9.75. The Morgan fingerprint density at radius 1 is 1.19 bits per heavy atom. The fourth-order valence-corrected chi connectivity index (χ4v) is 5.19. The number of nitrogens with zero attached hydrogens (tertiary/aromatic N) is 4. The minimum absolute atomic E-state index is 0.127. The van der Waals surface area contributed by atoms with E-state index in [9.17, 15) is 13.6 Å². The van der Waals surface area contributed by atoms with Crippen LogP contribution in [0.15, 0.2) is 36.9 Å². The third-order valence-corrected chi connectivity index (χ3v) is 7.28. The highest BCUT2D eigenvalue weighted by Crippen LogP contribution is 2.39. The number of ether oxygens (including phenoxy) is 1. The molecule has 36 heavy (non-hydrogen) atoms. The minimum atomic E-state index is -2.60. The van der Waals surface area contributed by atoms with Gasteiger partial charge in [0.15, 0.2) is 0 Å². The van der Waals surface area contributed by atoms with Crippen molar-refractivity contribution in [1.29, 1.82) is 0 Å². The van der Waals surface area contributed by atoms with Crippen molar-refractivity contribution in [2.45, 2.75) is 62.6 Å². The Morgan fingerprint density at radius 3 is 2.75 bits per heavy atom. The molecule has 2 saturated carbocycles. The highest BCUT2D eigenvalue weighted by molar-refractivity contribution is 6.02. The summed E-state index contributed by atoms with van der Waals surface area (Å²) in [5.41, 5.74) is 3.58. The van der Waals surface area contributed by atoms with Crippen molar-refractivity contribution in [2.75, 3.05) is 12.4 Å². The summed E-state index contributed by atoms with van der Waals surface area (Å²) in [7, 11) is 1.73. The summed E-state index contributed by atoms with van der Waals surface area (Å²) in [5.74, 6) is -2.42. The number of anilines is 1. The molecule has 2 fully saturated rings. The van der Waals surface area contributed by atoms with E-state index < -0.39 is 5.92 Å². The molecule has 0 radical (unpaired) electrons. The van der Waals surface area contributed by atoms with Gasteiger partial charge < -0.3 is 20.4 Å². The van der Waals surface area contributed by atoms with Crippen molar-refractivity contribution in [3.05, 3.63) is 42.5 Å².